The molecule has 1 rings (SSSR count). The normalized spacial score (nSPS) is 13.2. The van der Waals surface area contributed by atoms with Crippen LogP contribution in [-0.4, -0.2) is 0 Å². The zero-order valence-corrected chi connectivity index (χ0v) is 9.46. The van der Waals surface area contributed by atoms with Crippen LogP contribution in [0, 0.1) is 0 Å². The van der Waals surface area contributed by atoms with E-state index in [0.29, 0.717) is 5.92 Å². The smallest absolute Gasteiger partial charge is 0.0294 e. The Balaban J connectivity index is 2.72. The minimum atomic E-state index is 0.209. The van der Waals surface area contributed by atoms with Gasteiger partial charge in [0.1, 0.15) is 0 Å². The predicted molar refractivity (Wildman–Crippen MR) is 62.4 cm³/mol. The zero-order valence-electron chi connectivity index (χ0n) is 9.46. The molecule has 1 nitrogen and oxygen atoms in total. The lowest BCUT2D eigenvalue weighted by Gasteiger charge is -2.12. The molecule has 1 aromatic carbocycles. The molecular weight excluding hydrogens is 170 g/mol. The Morgan fingerprint density at radius 3 is 2.00 bits per heavy atom. The molecule has 78 valence electrons. The maximum absolute atomic E-state index is 6.03. The Labute approximate surface area is 87.3 Å². The van der Waals surface area contributed by atoms with E-state index in [0.717, 1.165) is 12.8 Å². The fourth-order valence-corrected chi connectivity index (χ4v) is 1.61. The van der Waals surface area contributed by atoms with Crippen molar-refractivity contribution >= 4 is 0 Å². The van der Waals surface area contributed by atoms with Crippen molar-refractivity contribution < 1.29 is 0 Å². The molecule has 0 fully saturated rings. The lowest BCUT2D eigenvalue weighted by molar-refractivity contribution is 0.638. The number of benzene rings is 1. The third-order valence-corrected chi connectivity index (χ3v) is 2.63. The minimum Gasteiger partial charge on any atom is -0.324 e. The molecule has 0 radical (unpaired) electrons. The second-order valence-electron chi connectivity index (χ2n) is 4.22. The average molecular weight is 191 g/mol. The van der Waals surface area contributed by atoms with E-state index in [1.54, 1.807) is 0 Å². The van der Waals surface area contributed by atoms with Crippen LogP contribution in [0.3, 0.4) is 0 Å². The molecule has 0 aliphatic rings. The largest absolute Gasteiger partial charge is 0.324 e. The molecule has 0 aliphatic heterocycles. The summed E-state index contributed by atoms with van der Waals surface area (Å²) in [5.41, 5.74) is 8.68. The highest BCUT2D eigenvalue weighted by Gasteiger charge is 2.05. The molecule has 0 aromatic heterocycles. The van der Waals surface area contributed by atoms with Crippen LogP contribution in [0.15, 0.2) is 24.3 Å². The Morgan fingerprint density at radius 1 is 1.07 bits per heavy atom. The van der Waals surface area contributed by atoms with Crippen molar-refractivity contribution in [3.63, 3.8) is 0 Å². The SMILES string of the molecule is CCCC(N)c1ccc(C(C)C)cc1. The van der Waals surface area contributed by atoms with Gasteiger partial charge in [0.05, 0.1) is 0 Å². The van der Waals surface area contributed by atoms with E-state index >= 15 is 0 Å². The van der Waals surface area contributed by atoms with Gasteiger partial charge in [-0.15, -0.1) is 0 Å². The number of rotatable bonds is 4. The van der Waals surface area contributed by atoms with Crippen LogP contribution in [0.5, 0.6) is 0 Å². The van der Waals surface area contributed by atoms with E-state index in [2.05, 4.69) is 45.0 Å². The second kappa shape index (κ2) is 5.16. The molecule has 0 bridgehead atoms. The van der Waals surface area contributed by atoms with E-state index in [1.807, 2.05) is 0 Å². The third kappa shape index (κ3) is 2.85. The van der Waals surface area contributed by atoms with Crippen molar-refractivity contribution in [2.45, 2.75) is 45.6 Å². The summed E-state index contributed by atoms with van der Waals surface area (Å²) in [5, 5.41) is 0. The molecular formula is C13H21N. The minimum absolute atomic E-state index is 0.209. The molecule has 2 N–H and O–H groups in total. The number of hydrogen-bond acceptors (Lipinski definition) is 1. The molecule has 1 aromatic rings. The van der Waals surface area contributed by atoms with Gasteiger partial charge in [0.15, 0.2) is 0 Å². The van der Waals surface area contributed by atoms with Gasteiger partial charge in [-0.1, -0.05) is 51.5 Å². The lowest BCUT2D eigenvalue weighted by Crippen LogP contribution is -2.09. The summed E-state index contributed by atoms with van der Waals surface area (Å²) in [6.07, 6.45) is 2.22. The van der Waals surface area contributed by atoms with Gasteiger partial charge in [0.25, 0.3) is 0 Å². The lowest BCUT2D eigenvalue weighted by atomic mass is 9.98. The van der Waals surface area contributed by atoms with Crippen LogP contribution in [0.4, 0.5) is 0 Å². The fraction of sp³-hybridized carbons (Fsp3) is 0.538. The van der Waals surface area contributed by atoms with Crippen molar-refractivity contribution in [1.29, 1.82) is 0 Å². The topological polar surface area (TPSA) is 26.0 Å². The molecule has 0 saturated heterocycles. The van der Waals surface area contributed by atoms with Crippen LogP contribution in [0.1, 0.15) is 56.7 Å². The molecule has 0 saturated carbocycles. The van der Waals surface area contributed by atoms with Crippen LogP contribution in [-0.2, 0) is 0 Å². The number of nitrogens with two attached hydrogens (primary N) is 1. The molecule has 0 heterocycles. The summed E-state index contributed by atoms with van der Waals surface area (Å²) < 4.78 is 0. The first kappa shape index (κ1) is 11.3. The van der Waals surface area contributed by atoms with Crippen LogP contribution < -0.4 is 5.73 Å². The van der Waals surface area contributed by atoms with Crippen molar-refractivity contribution in [2.24, 2.45) is 5.73 Å². The highest BCUT2D eigenvalue weighted by atomic mass is 14.6. The maximum atomic E-state index is 6.03. The van der Waals surface area contributed by atoms with Gasteiger partial charge in [0, 0.05) is 6.04 Å². The molecule has 1 atom stereocenters. The van der Waals surface area contributed by atoms with E-state index in [1.165, 1.54) is 11.1 Å². The standard InChI is InChI=1S/C13H21N/c1-4-5-13(14)12-8-6-11(7-9-12)10(2)3/h6-10,13H,4-5,14H2,1-3H3. The predicted octanol–water partition coefficient (Wildman–Crippen LogP) is 3.61. The van der Waals surface area contributed by atoms with Crippen molar-refractivity contribution in [1.82, 2.24) is 0 Å². The van der Waals surface area contributed by atoms with Crippen LogP contribution in [0.25, 0.3) is 0 Å². The van der Waals surface area contributed by atoms with Gasteiger partial charge in [-0.05, 0) is 23.5 Å². The van der Waals surface area contributed by atoms with Gasteiger partial charge >= 0.3 is 0 Å². The van der Waals surface area contributed by atoms with E-state index < -0.39 is 0 Å². The average Bonchev–Trinajstić information content (AvgIpc) is 2.18. The number of hydrogen-bond donors (Lipinski definition) is 1. The monoisotopic (exact) mass is 191 g/mol. The van der Waals surface area contributed by atoms with Crippen molar-refractivity contribution in [2.75, 3.05) is 0 Å². The fourth-order valence-electron chi connectivity index (χ4n) is 1.61. The Hall–Kier alpha value is -0.820. The summed E-state index contributed by atoms with van der Waals surface area (Å²) in [6.45, 7) is 6.59. The van der Waals surface area contributed by atoms with Gasteiger partial charge in [-0.25, -0.2) is 0 Å². The summed E-state index contributed by atoms with van der Waals surface area (Å²) in [7, 11) is 0. The van der Waals surface area contributed by atoms with E-state index in [9.17, 15) is 0 Å². The molecule has 0 spiro atoms. The third-order valence-electron chi connectivity index (χ3n) is 2.63. The first-order chi connectivity index (χ1) is 6.65. The Kier molecular flexibility index (Phi) is 4.15. The van der Waals surface area contributed by atoms with Gasteiger partial charge < -0.3 is 5.73 Å². The molecule has 0 aliphatic carbocycles. The van der Waals surface area contributed by atoms with Gasteiger partial charge in [0.2, 0.25) is 0 Å². The highest BCUT2D eigenvalue weighted by Crippen LogP contribution is 2.19. The first-order valence-corrected chi connectivity index (χ1v) is 5.50. The Bertz CT molecular complexity index is 261. The Morgan fingerprint density at radius 2 is 1.57 bits per heavy atom. The van der Waals surface area contributed by atoms with Crippen LogP contribution in [0.2, 0.25) is 0 Å². The summed E-state index contributed by atoms with van der Waals surface area (Å²) in [6, 6.07) is 8.91. The van der Waals surface area contributed by atoms with E-state index in [-0.39, 0.29) is 6.04 Å². The van der Waals surface area contributed by atoms with Crippen molar-refractivity contribution in [3.05, 3.63) is 35.4 Å². The highest BCUT2D eigenvalue weighted by molar-refractivity contribution is 5.26. The van der Waals surface area contributed by atoms with Crippen molar-refractivity contribution in [3.8, 4) is 0 Å². The zero-order chi connectivity index (χ0) is 10.6. The summed E-state index contributed by atoms with van der Waals surface area (Å²) in [5.74, 6) is 0.603. The first-order valence-electron chi connectivity index (χ1n) is 5.50. The molecule has 1 heteroatoms. The maximum Gasteiger partial charge on any atom is 0.0294 e. The summed E-state index contributed by atoms with van der Waals surface area (Å²) in [4.78, 5) is 0. The summed E-state index contributed by atoms with van der Waals surface area (Å²) >= 11 is 0. The van der Waals surface area contributed by atoms with Gasteiger partial charge in [-0.2, -0.15) is 0 Å². The second-order valence-corrected chi connectivity index (χ2v) is 4.22. The molecule has 0 amide bonds. The molecule has 14 heavy (non-hydrogen) atoms. The van der Waals surface area contributed by atoms with Gasteiger partial charge in [-0.3, -0.25) is 0 Å². The van der Waals surface area contributed by atoms with Crippen LogP contribution >= 0.6 is 0 Å². The quantitative estimate of drug-likeness (QED) is 0.773. The van der Waals surface area contributed by atoms with E-state index in [4.69, 9.17) is 5.73 Å². The molecule has 1 unspecified atom stereocenters.